The van der Waals surface area contributed by atoms with Crippen LogP contribution in [0, 0.1) is 5.82 Å². The minimum atomic E-state index is -0.439. The largest absolute Gasteiger partial charge is 0.382 e. The second-order valence-corrected chi connectivity index (χ2v) is 3.57. The molecular formula is C11H7FN6O. The van der Waals surface area contributed by atoms with Gasteiger partial charge < -0.3 is 10.3 Å². The fourth-order valence-electron chi connectivity index (χ4n) is 1.45. The quantitative estimate of drug-likeness (QED) is 0.738. The molecule has 3 heterocycles. The fourth-order valence-corrected chi connectivity index (χ4v) is 1.45. The van der Waals surface area contributed by atoms with Crippen LogP contribution in [0.25, 0.3) is 23.1 Å². The Bertz CT molecular complexity index is 711. The molecule has 3 aromatic rings. The second kappa shape index (κ2) is 4.41. The maximum atomic E-state index is 12.8. The van der Waals surface area contributed by atoms with Crippen LogP contribution in [-0.4, -0.2) is 25.1 Å². The lowest BCUT2D eigenvalue weighted by molar-refractivity contribution is 0.431. The Morgan fingerprint density at radius 1 is 1.11 bits per heavy atom. The van der Waals surface area contributed by atoms with Crippen LogP contribution in [0.3, 0.4) is 0 Å². The number of anilines is 1. The number of aromatic nitrogens is 5. The molecule has 0 atom stereocenters. The molecule has 0 saturated heterocycles. The van der Waals surface area contributed by atoms with Crippen molar-refractivity contribution in [2.45, 2.75) is 0 Å². The van der Waals surface area contributed by atoms with E-state index in [2.05, 4.69) is 25.1 Å². The number of nitrogens with two attached hydrogens (primary N) is 1. The number of pyridine rings is 1. The van der Waals surface area contributed by atoms with E-state index in [1.807, 2.05) is 0 Å². The summed E-state index contributed by atoms with van der Waals surface area (Å²) in [7, 11) is 0. The van der Waals surface area contributed by atoms with Crippen LogP contribution in [0.1, 0.15) is 0 Å². The van der Waals surface area contributed by atoms with Crippen molar-refractivity contribution in [3.8, 4) is 23.1 Å². The summed E-state index contributed by atoms with van der Waals surface area (Å²) < 4.78 is 17.8. The van der Waals surface area contributed by atoms with E-state index in [0.717, 1.165) is 6.20 Å². The van der Waals surface area contributed by atoms with Gasteiger partial charge in [-0.05, 0) is 12.1 Å². The van der Waals surface area contributed by atoms with Crippen molar-refractivity contribution in [1.82, 2.24) is 25.1 Å². The zero-order chi connectivity index (χ0) is 13.2. The highest BCUT2D eigenvalue weighted by molar-refractivity contribution is 5.63. The summed E-state index contributed by atoms with van der Waals surface area (Å²) in [6.07, 6.45) is 3.99. The first-order valence-corrected chi connectivity index (χ1v) is 5.26. The van der Waals surface area contributed by atoms with Crippen molar-refractivity contribution >= 4 is 5.82 Å². The molecule has 0 aliphatic rings. The Morgan fingerprint density at radius 3 is 2.68 bits per heavy atom. The number of nitrogen functional groups attached to an aromatic ring is 1. The van der Waals surface area contributed by atoms with Crippen LogP contribution in [0.15, 0.2) is 35.2 Å². The lowest BCUT2D eigenvalue weighted by Crippen LogP contribution is -1.96. The average molecular weight is 258 g/mol. The van der Waals surface area contributed by atoms with Crippen molar-refractivity contribution in [2.24, 2.45) is 0 Å². The molecule has 94 valence electrons. The number of hydrogen-bond donors (Lipinski definition) is 1. The topological polar surface area (TPSA) is 104 Å². The molecule has 3 rings (SSSR count). The van der Waals surface area contributed by atoms with Crippen molar-refractivity contribution in [3.05, 3.63) is 36.5 Å². The van der Waals surface area contributed by atoms with Gasteiger partial charge in [0.25, 0.3) is 5.89 Å². The number of hydrogen-bond acceptors (Lipinski definition) is 7. The lowest BCUT2D eigenvalue weighted by Gasteiger charge is -1.95. The van der Waals surface area contributed by atoms with Gasteiger partial charge in [0.05, 0.1) is 6.20 Å². The summed E-state index contributed by atoms with van der Waals surface area (Å²) in [4.78, 5) is 15.8. The molecule has 3 aromatic heterocycles. The summed E-state index contributed by atoms with van der Waals surface area (Å²) in [6, 6.07) is 2.71. The van der Waals surface area contributed by atoms with Gasteiger partial charge in [-0.3, -0.25) is 0 Å². The van der Waals surface area contributed by atoms with Crippen molar-refractivity contribution in [1.29, 1.82) is 0 Å². The molecule has 0 spiro atoms. The minimum Gasteiger partial charge on any atom is -0.382 e. The van der Waals surface area contributed by atoms with Gasteiger partial charge in [0.2, 0.25) is 5.82 Å². The van der Waals surface area contributed by atoms with Crippen LogP contribution in [-0.2, 0) is 0 Å². The predicted molar refractivity (Wildman–Crippen MR) is 62.9 cm³/mol. The van der Waals surface area contributed by atoms with Gasteiger partial charge in [-0.2, -0.15) is 4.98 Å². The molecule has 0 fully saturated rings. The molecular weight excluding hydrogens is 251 g/mol. The van der Waals surface area contributed by atoms with Gasteiger partial charge in [0.15, 0.2) is 11.5 Å². The first kappa shape index (κ1) is 11.2. The Labute approximate surface area is 106 Å². The number of rotatable bonds is 2. The van der Waals surface area contributed by atoms with Gasteiger partial charge in [-0.15, -0.1) is 0 Å². The van der Waals surface area contributed by atoms with E-state index in [0.29, 0.717) is 11.4 Å². The first-order chi connectivity index (χ1) is 9.24. The van der Waals surface area contributed by atoms with Gasteiger partial charge >= 0.3 is 0 Å². The molecule has 0 aliphatic carbocycles. The average Bonchev–Trinajstić information content (AvgIpc) is 2.89. The molecule has 0 radical (unpaired) electrons. The summed E-state index contributed by atoms with van der Waals surface area (Å²) in [5, 5.41) is 3.74. The molecule has 0 bridgehead atoms. The smallest absolute Gasteiger partial charge is 0.280 e. The molecule has 7 nitrogen and oxygen atoms in total. The monoisotopic (exact) mass is 258 g/mol. The highest BCUT2D eigenvalue weighted by Gasteiger charge is 2.15. The number of nitrogens with zero attached hydrogens (tertiary/aromatic N) is 5. The minimum absolute atomic E-state index is 0.131. The van der Waals surface area contributed by atoms with Crippen molar-refractivity contribution in [2.75, 3.05) is 5.73 Å². The molecule has 2 N–H and O–H groups in total. The van der Waals surface area contributed by atoms with E-state index in [4.69, 9.17) is 10.3 Å². The first-order valence-electron chi connectivity index (χ1n) is 5.26. The van der Waals surface area contributed by atoms with E-state index in [9.17, 15) is 4.39 Å². The molecule has 8 heteroatoms. The van der Waals surface area contributed by atoms with E-state index < -0.39 is 5.82 Å². The van der Waals surface area contributed by atoms with E-state index in [-0.39, 0.29) is 17.5 Å². The lowest BCUT2D eigenvalue weighted by atomic mass is 10.3. The van der Waals surface area contributed by atoms with Crippen molar-refractivity contribution in [3.63, 3.8) is 0 Å². The third kappa shape index (κ3) is 2.10. The second-order valence-electron chi connectivity index (χ2n) is 3.57. The Kier molecular flexibility index (Phi) is 2.60. The molecule has 19 heavy (non-hydrogen) atoms. The van der Waals surface area contributed by atoms with E-state index in [1.54, 1.807) is 0 Å². The van der Waals surface area contributed by atoms with Crippen molar-refractivity contribution < 1.29 is 8.91 Å². The maximum Gasteiger partial charge on any atom is 0.280 e. The zero-order valence-electron chi connectivity index (χ0n) is 9.49. The van der Waals surface area contributed by atoms with Crippen LogP contribution in [0.4, 0.5) is 10.2 Å². The molecule has 0 amide bonds. The highest BCUT2D eigenvalue weighted by atomic mass is 19.1. The summed E-state index contributed by atoms with van der Waals surface area (Å²) >= 11 is 0. The summed E-state index contributed by atoms with van der Waals surface area (Å²) in [6.45, 7) is 0. The highest BCUT2D eigenvalue weighted by Crippen LogP contribution is 2.22. The normalized spacial score (nSPS) is 10.6. The van der Waals surface area contributed by atoms with E-state index >= 15 is 0 Å². The van der Waals surface area contributed by atoms with Gasteiger partial charge in [-0.1, -0.05) is 5.16 Å². The van der Waals surface area contributed by atoms with Crippen LogP contribution in [0.2, 0.25) is 0 Å². The Balaban J connectivity index is 2.00. The fraction of sp³-hybridized carbons (Fsp3) is 0. The van der Waals surface area contributed by atoms with Gasteiger partial charge in [-0.25, -0.2) is 19.3 Å². The number of halogens is 1. The molecule has 0 aliphatic heterocycles. The van der Waals surface area contributed by atoms with Crippen LogP contribution < -0.4 is 5.73 Å². The third-order valence-electron chi connectivity index (χ3n) is 2.31. The van der Waals surface area contributed by atoms with Gasteiger partial charge in [0.1, 0.15) is 11.5 Å². The van der Waals surface area contributed by atoms with Gasteiger partial charge in [0, 0.05) is 12.4 Å². The predicted octanol–water partition coefficient (Wildman–Crippen LogP) is 1.31. The van der Waals surface area contributed by atoms with E-state index in [1.165, 1.54) is 24.5 Å². The Hall–Kier alpha value is -2.90. The van der Waals surface area contributed by atoms with Crippen LogP contribution in [0.5, 0.6) is 0 Å². The maximum absolute atomic E-state index is 12.8. The zero-order valence-corrected chi connectivity index (χ0v) is 9.49. The third-order valence-corrected chi connectivity index (χ3v) is 2.31. The molecule has 0 unspecified atom stereocenters. The SMILES string of the molecule is Nc1nccnc1-c1nc(-c2ccc(F)cn2)no1. The summed E-state index contributed by atoms with van der Waals surface area (Å²) in [5.41, 5.74) is 6.34. The standard InChI is InChI=1S/C11H7FN6O/c12-6-1-2-7(16-5-6)10-17-11(19-18-10)8-9(13)15-4-3-14-8/h1-5H,(H2,13,15). The summed E-state index contributed by atoms with van der Waals surface area (Å²) in [5.74, 6) is 0.0992. The molecule has 0 aromatic carbocycles. The van der Waals surface area contributed by atoms with Crippen LogP contribution >= 0.6 is 0 Å². The Morgan fingerprint density at radius 2 is 1.95 bits per heavy atom. The molecule has 0 saturated carbocycles.